The summed E-state index contributed by atoms with van der Waals surface area (Å²) in [6.45, 7) is 3.47. The summed E-state index contributed by atoms with van der Waals surface area (Å²) in [5, 5.41) is 0. The molecule has 1 fully saturated rings. The van der Waals surface area contributed by atoms with Crippen LogP contribution in [0.15, 0.2) is 24.3 Å². The molecule has 0 bridgehead atoms. The standard InChI is InChI=1S/C15H21F3N2O/c1-10-6-12(10)9-20(2)14(8-19)11-4-3-5-13(7-11)21-15(16,17)18/h3-5,7,10,12,14H,6,8-9,19H2,1-2H3. The van der Waals surface area contributed by atoms with Crippen molar-refractivity contribution in [1.82, 2.24) is 4.90 Å². The molecule has 1 aromatic rings. The SMILES string of the molecule is CC1CC1CN(C)C(CN)c1cccc(OC(F)(F)F)c1. The van der Waals surface area contributed by atoms with Crippen LogP contribution in [0.5, 0.6) is 5.75 Å². The van der Waals surface area contributed by atoms with Gasteiger partial charge in [-0.3, -0.25) is 4.90 Å². The predicted molar refractivity (Wildman–Crippen MR) is 74.8 cm³/mol. The zero-order valence-corrected chi connectivity index (χ0v) is 12.2. The maximum Gasteiger partial charge on any atom is 0.573 e. The molecule has 0 amide bonds. The van der Waals surface area contributed by atoms with E-state index in [1.807, 2.05) is 7.05 Å². The van der Waals surface area contributed by atoms with Crippen LogP contribution < -0.4 is 10.5 Å². The zero-order chi connectivity index (χ0) is 15.6. The third-order valence-electron chi connectivity index (χ3n) is 4.03. The number of likely N-dealkylation sites (N-methyl/N-ethyl adjacent to an activating group) is 1. The summed E-state index contributed by atoms with van der Waals surface area (Å²) in [6, 6.07) is 5.96. The number of hydrogen-bond donors (Lipinski definition) is 1. The summed E-state index contributed by atoms with van der Waals surface area (Å²) in [7, 11) is 1.96. The number of ether oxygens (including phenoxy) is 1. The molecule has 0 spiro atoms. The molecule has 0 heterocycles. The van der Waals surface area contributed by atoms with Crippen molar-refractivity contribution in [2.24, 2.45) is 17.6 Å². The zero-order valence-electron chi connectivity index (χ0n) is 12.2. The molecule has 6 heteroatoms. The number of halogens is 3. The van der Waals surface area contributed by atoms with E-state index < -0.39 is 6.36 Å². The summed E-state index contributed by atoms with van der Waals surface area (Å²) >= 11 is 0. The van der Waals surface area contributed by atoms with Crippen molar-refractivity contribution >= 4 is 0 Å². The van der Waals surface area contributed by atoms with Gasteiger partial charge >= 0.3 is 6.36 Å². The van der Waals surface area contributed by atoms with Crippen molar-refractivity contribution in [3.63, 3.8) is 0 Å². The van der Waals surface area contributed by atoms with E-state index in [-0.39, 0.29) is 11.8 Å². The highest BCUT2D eigenvalue weighted by Crippen LogP contribution is 2.39. The predicted octanol–water partition coefficient (Wildman–Crippen LogP) is 3.17. The molecule has 2 N–H and O–H groups in total. The summed E-state index contributed by atoms with van der Waals surface area (Å²) < 4.78 is 40.8. The van der Waals surface area contributed by atoms with Crippen molar-refractivity contribution in [1.29, 1.82) is 0 Å². The van der Waals surface area contributed by atoms with Gasteiger partial charge in [-0.1, -0.05) is 19.1 Å². The van der Waals surface area contributed by atoms with E-state index in [9.17, 15) is 13.2 Å². The van der Waals surface area contributed by atoms with Crippen LogP contribution in [0, 0.1) is 11.8 Å². The second kappa shape index (κ2) is 6.23. The van der Waals surface area contributed by atoms with Crippen LogP contribution in [0.4, 0.5) is 13.2 Å². The van der Waals surface area contributed by atoms with Crippen LogP contribution >= 0.6 is 0 Å². The Morgan fingerprint density at radius 3 is 2.62 bits per heavy atom. The molecule has 118 valence electrons. The van der Waals surface area contributed by atoms with Crippen LogP contribution in [0.2, 0.25) is 0 Å². The quantitative estimate of drug-likeness (QED) is 0.877. The van der Waals surface area contributed by atoms with Crippen molar-refractivity contribution in [2.45, 2.75) is 25.7 Å². The highest BCUT2D eigenvalue weighted by Gasteiger charge is 2.35. The Balaban J connectivity index is 2.08. The molecule has 2 rings (SSSR count). The number of nitrogens with zero attached hydrogens (tertiary/aromatic N) is 1. The van der Waals surface area contributed by atoms with Gasteiger partial charge in [0.15, 0.2) is 0 Å². The molecule has 3 atom stereocenters. The summed E-state index contributed by atoms with van der Waals surface area (Å²) in [5.41, 5.74) is 6.55. The lowest BCUT2D eigenvalue weighted by Crippen LogP contribution is -2.32. The first-order chi connectivity index (χ1) is 9.80. The highest BCUT2D eigenvalue weighted by atomic mass is 19.4. The maximum atomic E-state index is 12.3. The first kappa shape index (κ1) is 16.1. The molecule has 0 saturated heterocycles. The topological polar surface area (TPSA) is 38.5 Å². The molecule has 21 heavy (non-hydrogen) atoms. The first-order valence-electron chi connectivity index (χ1n) is 7.06. The minimum atomic E-state index is -4.67. The van der Waals surface area contributed by atoms with E-state index in [4.69, 9.17) is 5.73 Å². The lowest BCUT2D eigenvalue weighted by atomic mass is 10.0. The van der Waals surface area contributed by atoms with Crippen LogP contribution in [0.3, 0.4) is 0 Å². The average molecular weight is 302 g/mol. The van der Waals surface area contributed by atoms with E-state index >= 15 is 0 Å². The number of nitrogens with two attached hydrogens (primary N) is 1. The van der Waals surface area contributed by atoms with Crippen LogP contribution in [0.1, 0.15) is 24.9 Å². The molecular weight excluding hydrogens is 281 g/mol. The Labute approximate surface area is 122 Å². The fourth-order valence-electron chi connectivity index (χ4n) is 2.64. The Hall–Kier alpha value is -1.27. The minimum absolute atomic E-state index is 0.102. The van der Waals surface area contributed by atoms with Crippen LogP contribution in [-0.4, -0.2) is 31.4 Å². The largest absolute Gasteiger partial charge is 0.573 e. The van der Waals surface area contributed by atoms with Gasteiger partial charge in [-0.15, -0.1) is 13.2 Å². The second-order valence-electron chi connectivity index (χ2n) is 5.78. The van der Waals surface area contributed by atoms with Crippen LogP contribution in [-0.2, 0) is 0 Å². The highest BCUT2D eigenvalue weighted by molar-refractivity contribution is 5.31. The second-order valence-corrected chi connectivity index (χ2v) is 5.78. The molecule has 1 saturated carbocycles. The first-order valence-corrected chi connectivity index (χ1v) is 7.06. The number of hydrogen-bond acceptors (Lipinski definition) is 3. The molecule has 1 aliphatic carbocycles. The van der Waals surface area contributed by atoms with E-state index in [2.05, 4.69) is 16.6 Å². The molecule has 1 aromatic carbocycles. The number of rotatable bonds is 6. The minimum Gasteiger partial charge on any atom is -0.406 e. The van der Waals surface area contributed by atoms with Gasteiger partial charge in [-0.05, 0) is 43.0 Å². The summed E-state index contributed by atoms with van der Waals surface area (Å²) in [4.78, 5) is 2.11. The van der Waals surface area contributed by atoms with E-state index in [0.29, 0.717) is 12.5 Å². The fraction of sp³-hybridized carbons (Fsp3) is 0.600. The van der Waals surface area contributed by atoms with Gasteiger partial charge < -0.3 is 10.5 Å². The van der Waals surface area contributed by atoms with E-state index in [0.717, 1.165) is 18.0 Å². The normalized spacial score (nSPS) is 23.2. The van der Waals surface area contributed by atoms with Gasteiger partial charge in [0, 0.05) is 19.1 Å². The molecular formula is C15H21F3N2O. The Kier molecular flexibility index (Phi) is 4.78. The third kappa shape index (κ3) is 4.61. The molecule has 0 aliphatic heterocycles. The fourth-order valence-corrected chi connectivity index (χ4v) is 2.64. The van der Waals surface area contributed by atoms with Gasteiger partial charge in [-0.25, -0.2) is 0 Å². The number of benzene rings is 1. The van der Waals surface area contributed by atoms with Crippen LogP contribution in [0.25, 0.3) is 0 Å². The monoisotopic (exact) mass is 302 g/mol. The molecule has 3 unspecified atom stereocenters. The Bertz CT molecular complexity index is 478. The summed E-state index contributed by atoms with van der Waals surface area (Å²) in [5.74, 6) is 1.19. The van der Waals surface area contributed by atoms with Gasteiger partial charge in [-0.2, -0.15) is 0 Å². The van der Waals surface area contributed by atoms with Gasteiger partial charge in [0.2, 0.25) is 0 Å². The third-order valence-corrected chi connectivity index (χ3v) is 4.03. The van der Waals surface area contributed by atoms with Gasteiger partial charge in [0.1, 0.15) is 5.75 Å². The molecule has 1 aliphatic rings. The molecule has 3 nitrogen and oxygen atoms in total. The Morgan fingerprint density at radius 2 is 2.10 bits per heavy atom. The number of alkyl halides is 3. The van der Waals surface area contributed by atoms with Gasteiger partial charge in [0.25, 0.3) is 0 Å². The lowest BCUT2D eigenvalue weighted by molar-refractivity contribution is -0.274. The average Bonchev–Trinajstić information content (AvgIpc) is 3.04. The van der Waals surface area contributed by atoms with Crippen molar-refractivity contribution in [2.75, 3.05) is 20.1 Å². The van der Waals surface area contributed by atoms with E-state index in [1.165, 1.54) is 18.6 Å². The summed E-state index contributed by atoms with van der Waals surface area (Å²) in [6.07, 6.45) is -3.47. The smallest absolute Gasteiger partial charge is 0.406 e. The molecule has 0 aromatic heterocycles. The van der Waals surface area contributed by atoms with Crippen molar-refractivity contribution < 1.29 is 17.9 Å². The lowest BCUT2D eigenvalue weighted by Gasteiger charge is -2.27. The van der Waals surface area contributed by atoms with Gasteiger partial charge in [0.05, 0.1) is 0 Å². The van der Waals surface area contributed by atoms with Crippen molar-refractivity contribution in [3.05, 3.63) is 29.8 Å². The van der Waals surface area contributed by atoms with E-state index in [1.54, 1.807) is 12.1 Å². The van der Waals surface area contributed by atoms with Crippen molar-refractivity contribution in [3.8, 4) is 5.75 Å². The Morgan fingerprint density at radius 1 is 1.43 bits per heavy atom. The maximum absolute atomic E-state index is 12.3. The molecule has 0 radical (unpaired) electrons.